The van der Waals surface area contributed by atoms with E-state index >= 15 is 0 Å². The molecule has 1 aromatic carbocycles. The van der Waals surface area contributed by atoms with Gasteiger partial charge in [0.1, 0.15) is 0 Å². The Morgan fingerprint density at radius 1 is 1.29 bits per heavy atom. The fourth-order valence-electron chi connectivity index (χ4n) is 3.33. The second kappa shape index (κ2) is 5.88. The highest BCUT2D eigenvalue weighted by atomic mass is 16.2. The monoisotopic (exact) mass is 286 g/mol. The van der Waals surface area contributed by atoms with Crippen LogP contribution >= 0.6 is 0 Å². The molecule has 21 heavy (non-hydrogen) atoms. The van der Waals surface area contributed by atoms with E-state index in [0.29, 0.717) is 25.3 Å². The van der Waals surface area contributed by atoms with Crippen LogP contribution in [0.1, 0.15) is 30.4 Å². The molecule has 2 aliphatic heterocycles. The highest BCUT2D eigenvalue weighted by Gasteiger charge is 2.37. The predicted molar refractivity (Wildman–Crippen MR) is 80.7 cm³/mol. The predicted octanol–water partition coefficient (Wildman–Crippen LogP) is 1.66. The van der Waals surface area contributed by atoms with Gasteiger partial charge in [-0.25, -0.2) is 0 Å². The summed E-state index contributed by atoms with van der Waals surface area (Å²) in [6, 6.07) is 8.27. The molecule has 2 fully saturated rings. The van der Waals surface area contributed by atoms with E-state index in [1.807, 2.05) is 36.1 Å². The molecule has 4 heteroatoms. The van der Waals surface area contributed by atoms with Gasteiger partial charge in [-0.2, -0.15) is 0 Å². The van der Waals surface area contributed by atoms with Gasteiger partial charge in [0.15, 0.2) is 0 Å². The van der Waals surface area contributed by atoms with Crippen molar-refractivity contribution in [3.05, 3.63) is 35.4 Å². The van der Waals surface area contributed by atoms with Gasteiger partial charge in [0.05, 0.1) is 12.5 Å². The first-order valence-electron chi connectivity index (χ1n) is 7.74. The summed E-state index contributed by atoms with van der Waals surface area (Å²) in [6.07, 6.45) is 3.06. The molecule has 2 heterocycles. The largest absolute Gasteiger partial charge is 0.351 e. The number of carbonyl (C=O) groups excluding carboxylic acids is 2. The maximum absolute atomic E-state index is 12.4. The number of rotatable bonds is 2. The topological polar surface area (TPSA) is 49.4 Å². The van der Waals surface area contributed by atoms with Crippen molar-refractivity contribution in [3.63, 3.8) is 0 Å². The van der Waals surface area contributed by atoms with E-state index < -0.39 is 0 Å². The van der Waals surface area contributed by atoms with Gasteiger partial charge in [-0.15, -0.1) is 0 Å². The van der Waals surface area contributed by atoms with Gasteiger partial charge < -0.3 is 10.2 Å². The number of hydrogen-bond acceptors (Lipinski definition) is 2. The van der Waals surface area contributed by atoms with Crippen LogP contribution in [0.2, 0.25) is 0 Å². The molecular formula is C17H22N2O2. The summed E-state index contributed by atoms with van der Waals surface area (Å²) in [5.41, 5.74) is 2.26. The molecule has 0 aromatic heterocycles. The first kappa shape index (κ1) is 14.1. The Balaban J connectivity index is 1.61. The van der Waals surface area contributed by atoms with Crippen molar-refractivity contribution in [2.24, 2.45) is 5.92 Å². The zero-order chi connectivity index (χ0) is 14.8. The molecule has 2 amide bonds. The second-order valence-corrected chi connectivity index (χ2v) is 6.29. The Hall–Kier alpha value is -1.84. The van der Waals surface area contributed by atoms with E-state index in [1.54, 1.807) is 0 Å². The SMILES string of the molecule is Cc1ccc(CC(=O)N2C[C@H]3CCCC(=O)N[C@H]3C2)cc1. The lowest BCUT2D eigenvalue weighted by Crippen LogP contribution is -2.39. The fraction of sp³-hybridized carbons (Fsp3) is 0.529. The number of benzene rings is 1. The normalized spacial score (nSPS) is 25.2. The minimum absolute atomic E-state index is 0.135. The van der Waals surface area contributed by atoms with Crippen molar-refractivity contribution >= 4 is 11.8 Å². The fourth-order valence-corrected chi connectivity index (χ4v) is 3.33. The lowest BCUT2D eigenvalue weighted by molar-refractivity contribution is -0.130. The zero-order valence-electron chi connectivity index (χ0n) is 12.5. The van der Waals surface area contributed by atoms with Gasteiger partial charge >= 0.3 is 0 Å². The van der Waals surface area contributed by atoms with Gasteiger partial charge in [-0.05, 0) is 31.2 Å². The number of fused-ring (bicyclic) bond motifs is 1. The van der Waals surface area contributed by atoms with Crippen LogP contribution in [0.15, 0.2) is 24.3 Å². The number of nitrogens with zero attached hydrogens (tertiary/aromatic N) is 1. The molecule has 0 aliphatic carbocycles. The van der Waals surface area contributed by atoms with Crippen LogP contribution in [0.25, 0.3) is 0 Å². The lowest BCUT2D eigenvalue weighted by atomic mass is 9.99. The molecule has 3 rings (SSSR count). The van der Waals surface area contributed by atoms with E-state index in [0.717, 1.165) is 24.9 Å². The highest BCUT2D eigenvalue weighted by molar-refractivity contribution is 5.80. The van der Waals surface area contributed by atoms with Crippen LogP contribution < -0.4 is 5.32 Å². The van der Waals surface area contributed by atoms with Gasteiger partial charge in [0, 0.05) is 19.5 Å². The smallest absolute Gasteiger partial charge is 0.227 e. The third kappa shape index (κ3) is 3.26. The molecule has 1 aromatic rings. The zero-order valence-corrected chi connectivity index (χ0v) is 12.5. The molecule has 2 atom stereocenters. The molecule has 0 bridgehead atoms. The van der Waals surface area contributed by atoms with Crippen molar-refractivity contribution in [2.75, 3.05) is 13.1 Å². The second-order valence-electron chi connectivity index (χ2n) is 6.29. The average Bonchev–Trinajstić information content (AvgIpc) is 2.76. The quantitative estimate of drug-likeness (QED) is 0.899. The minimum atomic E-state index is 0.135. The molecule has 4 nitrogen and oxygen atoms in total. The first-order chi connectivity index (χ1) is 10.1. The standard InChI is InChI=1S/C17H22N2O2/c1-12-5-7-13(8-6-12)9-17(21)19-10-14-3-2-4-16(20)18-15(14)11-19/h5-8,14-15H,2-4,9-11H2,1H3,(H,18,20)/t14-,15+/m1/s1. The molecule has 112 valence electrons. The van der Waals surface area contributed by atoms with Gasteiger partial charge in [-0.1, -0.05) is 29.8 Å². The molecule has 0 saturated carbocycles. The number of nitrogens with one attached hydrogen (secondary N) is 1. The van der Waals surface area contributed by atoms with Crippen molar-refractivity contribution < 1.29 is 9.59 Å². The Labute approximate surface area is 125 Å². The summed E-state index contributed by atoms with van der Waals surface area (Å²) >= 11 is 0. The Bertz CT molecular complexity index is 538. The Kier molecular flexibility index (Phi) is 3.95. The van der Waals surface area contributed by atoms with Gasteiger partial charge in [-0.3, -0.25) is 9.59 Å². The molecule has 0 radical (unpaired) electrons. The van der Waals surface area contributed by atoms with Crippen molar-refractivity contribution in [1.29, 1.82) is 0 Å². The van der Waals surface area contributed by atoms with E-state index in [9.17, 15) is 9.59 Å². The van der Waals surface area contributed by atoms with E-state index in [2.05, 4.69) is 5.32 Å². The van der Waals surface area contributed by atoms with Crippen molar-refractivity contribution in [1.82, 2.24) is 10.2 Å². The van der Waals surface area contributed by atoms with Crippen LogP contribution in [-0.4, -0.2) is 35.8 Å². The van der Waals surface area contributed by atoms with Crippen LogP contribution in [0, 0.1) is 12.8 Å². The van der Waals surface area contributed by atoms with E-state index in [-0.39, 0.29) is 17.9 Å². The van der Waals surface area contributed by atoms with Gasteiger partial charge in [0.25, 0.3) is 0 Å². The van der Waals surface area contributed by atoms with Crippen LogP contribution in [0.4, 0.5) is 0 Å². The summed E-state index contributed by atoms with van der Waals surface area (Å²) in [6.45, 7) is 3.50. The number of carbonyl (C=O) groups is 2. The highest BCUT2D eigenvalue weighted by Crippen LogP contribution is 2.25. The molecular weight excluding hydrogens is 264 g/mol. The number of likely N-dealkylation sites (tertiary alicyclic amines) is 1. The summed E-state index contributed by atoms with van der Waals surface area (Å²) < 4.78 is 0. The van der Waals surface area contributed by atoms with Crippen LogP contribution in [-0.2, 0) is 16.0 Å². The number of amides is 2. The maximum atomic E-state index is 12.4. The summed E-state index contributed by atoms with van der Waals surface area (Å²) in [4.78, 5) is 26.0. The van der Waals surface area contributed by atoms with E-state index in [1.165, 1.54) is 5.56 Å². The Morgan fingerprint density at radius 3 is 2.81 bits per heavy atom. The summed E-state index contributed by atoms with van der Waals surface area (Å²) in [5, 5.41) is 3.06. The Morgan fingerprint density at radius 2 is 2.05 bits per heavy atom. The third-order valence-corrected chi connectivity index (χ3v) is 4.59. The maximum Gasteiger partial charge on any atom is 0.227 e. The summed E-state index contributed by atoms with van der Waals surface area (Å²) in [7, 11) is 0. The lowest BCUT2D eigenvalue weighted by Gasteiger charge is -2.17. The van der Waals surface area contributed by atoms with Crippen molar-refractivity contribution in [2.45, 2.75) is 38.6 Å². The number of aryl methyl sites for hydroxylation is 1. The average molecular weight is 286 g/mol. The van der Waals surface area contributed by atoms with E-state index in [4.69, 9.17) is 0 Å². The van der Waals surface area contributed by atoms with Crippen molar-refractivity contribution in [3.8, 4) is 0 Å². The van der Waals surface area contributed by atoms with Crippen LogP contribution in [0.5, 0.6) is 0 Å². The third-order valence-electron chi connectivity index (χ3n) is 4.59. The molecule has 0 unspecified atom stereocenters. The first-order valence-corrected chi connectivity index (χ1v) is 7.74. The van der Waals surface area contributed by atoms with Gasteiger partial charge in [0.2, 0.25) is 11.8 Å². The number of hydrogen-bond donors (Lipinski definition) is 1. The summed E-state index contributed by atoms with van der Waals surface area (Å²) in [5.74, 6) is 0.731. The van der Waals surface area contributed by atoms with Crippen LogP contribution in [0.3, 0.4) is 0 Å². The molecule has 0 spiro atoms. The molecule has 1 N–H and O–H groups in total. The molecule has 2 aliphatic rings. The minimum Gasteiger partial charge on any atom is -0.351 e. The molecule has 2 saturated heterocycles.